The molecule has 0 radical (unpaired) electrons. The molecule has 0 aliphatic carbocycles. The van der Waals surface area contributed by atoms with Crippen LogP contribution in [0.2, 0.25) is 0 Å². The van der Waals surface area contributed by atoms with E-state index in [1.807, 2.05) is 26.8 Å². The summed E-state index contributed by atoms with van der Waals surface area (Å²) >= 11 is 0. The molecule has 0 N–H and O–H groups in total. The van der Waals surface area contributed by atoms with Crippen LogP contribution in [0.15, 0.2) is 33.5 Å². The number of benzene rings is 1. The minimum absolute atomic E-state index is 0.0573. The Bertz CT molecular complexity index is 1360. The van der Waals surface area contributed by atoms with Crippen molar-refractivity contribution in [3.63, 3.8) is 0 Å². The predicted molar refractivity (Wildman–Crippen MR) is 128 cm³/mol. The minimum Gasteiger partial charge on any atom is -0.423 e. The van der Waals surface area contributed by atoms with Gasteiger partial charge in [-0.15, -0.1) is 5.06 Å². The summed E-state index contributed by atoms with van der Waals surface area (Å²) in [6.07, 6.45) is -1.47. The van der Waals surface area contributed by atoms with Crippen LogP contribution in [0.3, 0.4) is 0 Å². The number of unbranched alkanes of at least 4 members (excludes halogenated alkanes) is 1. The predicted octanol–water partition coefficient (Wildman–Crippen LogP) is 4.98. The molecule has 1 unspecified atom stereocenters. The highest BCUT2D eigenvalue weighted by atomic mass is 19.4. The van der Waals surface area contributed by atoms with Gasteiger partial charge in [0.1, 0.15) is 11.6 Å². The average Bonchev–Trinajstić information content (AvgIpc) is 3.10. The second kappa shape index (κ2) is 9.35. The summed E-state index contributed by atoms with van der Waals surface area (Å²) in [4.78, 5) is 56.5. The molecule has 0 saturated carbocycles. The van der Waals surface area contributed by atoms with Gasteiger partial charge in [-0.1, -0.05) is 25.8 Å². The van der Waals surface area contributed by atoms with Crippen LogP contribution >= 0.6 is 0 Å². The van der Waals surface area contributed by atoms with E-state index in [-0.39, 0.29) is 30.2 Å². The molecule has 1 aromatic heterocycles. The fourth-order valence-corrected chi connectivity index (χ4v) is 5.06. The Hall–Kier alpha value is -3.63. The third kappa shape index (κ3) is 4.86. The van der Waals surface area contributed by atoms with E-state index in [2.05, 4.69) is 0 Å². The number of nitrogens with zero attached hydrogens (tertiary/aromatic N) is 2. The summed E-state index contributed by atoms with van der Waals surface area (Å²) in [5, 5.41) is 0.203. The van der Waals surface area contributed by atoms with E-state index >= 15 is 0 Å². The van der Waals surface area contributed by atoms with Crippen molar-refractivity contribution in [3.8, 4) is 0 Å². The monoisotopic (exact) mass is 520 g/mol. The van der Waals surface area contributed by atoms with Crippen molar-refractivity contribution in [3.05, 3.63) is 45.8 Å². The molecule has 1 fully saturated rings. The molecule has 2 amide bonds. The summed E-state index contributed by atoms with van der Waals surface area (Å²) in [5.41, 5.74) is -1.90. The molecule has 2 aromatic rings. The summed E-state index contributed by atoms with van der Waals surface area (Å²) in [6, 6.07) is 2.07. The summed E-state index contributed by atoms with van der Waals surface area (Å²) in [5.74, 6) is -2.07. The average molecular weight is 521 g/mol. The maximum atomic E-state index is 13.7. The lowest BCUT2D eigenvalue weighted by Gasteiger charge is -2.47. The summed E-state index contributed by atoms with van der Waals surface area (Å²) in [6.45, 7) is 7.32. The molecule has 1 atom stereocenters. The molecular formula is C26H27F3N2O6. The lowest BCUT2D eigenvalue weighted by molar-refractivity contribution is -0.198. The zero-order chi connectivity index (χ0) is 27.3. The topological polar surface area (TPSA) is 97.1 Å². The van der Waals surface area contributed by atoms with E-state index in [4.69, 9.17) is 9.25 Å². The molecular weight excluding hydrogens is 493 g/mol. The quantitative estimate of drug-likeness (QED) is 0.392. The van der Waals surface area contributed by atoms with Gasteiger partial charge in [-0.25, -0.2) is 9.59 Å². The number of halogens is 3. The number of rotatable bonds is 6. The molecule has 11 heteroatoms. The van der Waals surface area contributed by atoms with Gasteiger partial charge in [0.05, 0.1) is 11.1 Å². The number of amides is 2. The molecule has 1 aromatic carbocycles. The number of fused-ring (bicyclic) bond motifs is 2. The summed E-state index contributed by atoms with van der Waals surface area (Å²) in [7, 11) is 0. The SMILES string of the molecule is CCCCC(C(=O)ON1C(=O)CCC1=O)N1c2cc3oc(=O)cc(C(F)(F)F)c3cc2C(C)=CC1(C)C. The van der Waals surface area contributed by atoms with Crippen molar-refractivity contribution in [2.45, 2.75) is 77.6 Å². The van der Waals surface area contributed by atoms with Gasteiger partial charge in [0, 0.05) is 41.6 Å². The van der Waals surface area contributed by atoms with Crippen LogP contribution in [0.4, 0.5) is 18.9 Å². The number of hydrogen-bond acceptors (Lipinski definition) is 7. The largest absolute Gasteiger partial charge is 0.423 e. The fraction of sp³-hybridized carbons (Fsp3) is 0.462. The highest BCUT2D eigenvalue weighted by Crippen LogP contribution is 2.45. The second-order valence-electron chi connectivity index (χ2n) is 9.84. The Kier molecular flexibility index (Phi) is 6.68. The van der Waals surface area contributed by atoms with Crippen molar-refractivity contribution in [2.24, 2.45) is 0 Å². The fourth-order valence-electron chi connectivity index (χ4n) is 5.06. The van der Waals surface area contributed by atoms with E-state index in [9.17, 15) is 32.3 Å². The van der Waals surface area contributed by atoms with Gasteiger partial charge in [0.2, 0.25) is 0 Å². The van der Waals surface area contributed by atoms with E-state index in [1.54, 1.807) is 11.8 Å². The zero-order valence-corrected chi connectivity index (χ0v) is 20.9. The Balaban J connectivity index is 1.89. The summed E-state index contributed by atoms with van der Waals surface area (Å²) < 4.78 is 46.3. The lowest BCUT2D eigenvalue weighted by Crippen LogP contribution is -2.55. The molecule has 1 saturated heterocycles. The maximum absolute atomic E-state index is 13.7. The van der Waals surface area contributed by atoms with Gasteiger partial charge < -0.3 is 14.2 Å². The van der Waals surface area contributed by atoms with Gasteiger partial charge in [0.25, 0.3) is 11.8 Å². The van der Waals surface area contributed by atoms with Gasteiger partial charge in [-0.05, 0) is 38.8 Å². The first-order valence-electron chi connectivity index (χ1n) is 12.0. The van der Waals surface area contributed by atoms with E-state index in [0.717, 1.165) is 6.42 Å². The highest BCUT2D eigenvalue weighted by molar-refractivity contribution is 6.02. The minimum atomic E-state index is -4.78. The first-order valence-corrected chi connectivity index (χ1v) is 12.0. The number of anilines is 1. The molecule has 8 nitrogen and oxygen atoms in total. The maximum Gasteiger partial charge on any atom is 0.417 e. The van der Waals surface area contributed by atoms with Crippen LogP contribution in [-0.2, 0) is 25.4 Å². The number of imide groups is 1. The van der Waals surface area contributed by atoms with Gasteiger partial charge in [-0.2, -0.15) is 13.2 Å². The molecule has 2 aliphatic rings. The first-order chi connectivity index (χ1) is 17.2. The van der Waals surface area contributed by atoms with Crippen LogP contribution in [0.1, 0.15) is 70.9 Å². The van der Waals surface area contributed by atoms with Crippen molar-refractivity contribution in [2.75, 3.05) is 4.90 Å². The Morgan fingerprint density at radius 2 is 1.78 bits per heavy atom. The van der Waals surface area contributed by atoms with Crippen LogP contribution in [0, 0.1) is 0 Å². The number of carbonyl (C=O) groups is 3. The second-order valence-corrected chi connectivity index (χ2v) is 9.84. The molecule has 4 rings (SSSR count). The van der Waals surface area contributed by atoms with Gasteiger partial charge in [0.15, 0.2) is 0 Å². The van der Waals surface area contributed by atoms with E-state index in [0.29, 0.717) is 34.4 Å². The zero-order valence-electron chi connectivity index (χ0n) is 20.9. The number of carbonyl (C=O) groups excluding carboxylic acids is 3. The normalized spacial score (nSPS) is 18.2. The van der Waals surface area contributed by atoms with Crippen molar-refractivity contribution in [1.82, 2.24) is 5.06 Å². The van der Waals surface area contributed by atoms with Crippen LogP contribution in [-0.4, -0.2) is 34.4 Å². The molecule has 2 aliphatic heterocycles. The van der Waals surface area contributed by atoms with Crippen LogP contribution in [0.25, 0.3) is 16.5 Å². The Morgan fingerprint density at radius 1 is 1.14 bits per heavy atom. The third-order valence-corrected chi connectivity index (χ3v) is 6.64. The highest BCUT2D eigenvalue weighted by Gasteiger charge is 2.43. The molecule has 37 heavy (non-hydrogen) atoms. The van der Waals surface area contributed by atoms with Gasteiger partial charge in [-0.3, -0.25) is 9.59 Å². The van der Waals surface area contributed by atoms with Crippen molar-refractivity contribution >= 4 is 40.0 Å². The number of hydroxylamine groups is 2. The van der Waals surface area contributed by atoms with Crippen LogP contribution in [0.5, 0.6) is 0 Å². The number of allylic oxidation sites excluding steroid dienone is 1. The lowest BCUT2D eigenvalue weighted by atomic mass is 9.85. The Labute approximate surface area is 210 Å². The number of alkyl halides is 3. The van der Waals surface area contributed by atoms with E-state index < -0.39 is 46.7 Å². The molecule has 198 valence electrons. The van der Waals surface area contributed by atoms with Crippen molar-refractivity contribution < 1.29 is 36.8 Å². The smallest absolute Gasteiger partial charge is 0.417 e. The van der Waals surface area contributed by atoms with Gasteiger partial charge >= 0.3 is 17.8 Å². The Morgan fingerprint density at radius 3 is 2.38 bits per heavy atom. The third-order valence-electron chi connectivity index (χ3n) is 6.64. The first kappa shape index (κ1) is 26.4. The molecule has 0 spiro atoms. The molecule has 3 heterocycles. The van der Waals surface area contributed by atoms with Crippen molar-refractivity contribution in [1.29, 1.82) is 0 Å². The van der Waals surface area contributed by atoms with E-state index in [1.165, 1.54) is 12.1 Å². The van der Waals surface area contributed by atoms with Crippen LogP contribution < -0.4 is 10.5 Å². The molecule has 0 bridgehead atoms. The standard InChI is InChI=1S/C26H27F3N2O6/c1-5-6-7-18(24(35)37-31-21(32)8-9-22(31)33)30-19-12-20-16(10-15(19)14(2)13-25(30,3)4)17(26(27,28)29)11-23(34)36-20/h10-13,18H,5-9H2,1-4H3. The number of hydrogen-bond donors (Lipinski definition) is 0.